The van der Waals surface area contributed by atoms with Crippen LogP contribution in [-0.4, -0.2) is 58.0 Å². The molecular formula is C20H20FN2O8PS. The number of nitrogens with one attached hydrogen (secondary N) is 1. The van der Waals surface area contributed by atoms with Crippen molar-refractivity contribution >= 4 is 25.0 Å². The molecule has 13 heteroatoms. The number of methoxy groups -OCH3 is 1. The summed E-state index contributed by atoms with van der Waals surface area (Å²) < 4.78 is 79.2. The molecule has 5 atom stereocenters. The molecule has 3 N–H and O–H groups in total. The SMILES string of the molecule is [2H]C([2H])(OP1(=O)OCc2cccc(OC)c2O1)[C@@]1(F)O[C@@]([2H])(N2C=C(C#C)C(=S)NC2=C)[C@H](O)[C@@H]1O. The molecule has 0 saturated carbocycles. The first-order chi connectivity index (χ1) is 16.7. The summed E-state index contributed by atoms with van der Waals surface area (Å²) in [7, 11) is -3.58. The maximum Gasteiger partial charge on any atom is 0.530 e. The van der Waals surface area contributed by atoms with Gasteiger partial charge in [0.15, 0.2) is 17.7 Å². The van der Waals surface area contributed by atoms with Gasteiger partial charge in [-0.25, -0.2) is 8.96 Å². The number of hydrogen-bond donors (Lipinski definition) is 3. The van der Waals surface area contributed by atoms with Crippen molar-refractivity contribution in [2.75, 3.05) is 13.7 Å². The molecule has 3 aliphatic heterocycles. The summed E-state index contributed by atoms with van der Waals surface area (Å²) in [6.45, 7) is -0.577. The lowest BCUT2D eigenvalue weighted by Gasteiger charge is -2.34. The van der Waals surface area contributed by atoms with Crippen molar-refractivity contribution in [3.63, 3.8) is 0 Å². The number of hydrogen-bond acceptors (Lipinski definition) is 10. The van der Waals surface area contributed by atoms with Crippen LogP contribution in [0.25, 0.3) is 0 Å². The predicted molar refractivity (Wildman–Crippen MR) is 116 cm³/mol. The van der Waals surface area contributed by atoms with Gasteiger partial charge >= 0.3 is 7.82 Å². The molecule has 33 heavy (non-hydrogen) atoms. The van der Waals surface area contributed by atoms with Crippen molar-refractivity contribution in [2.24, 2.45) is 0 Å². The van der Waals surface area contributed by atoms with Crippen LogP contribution in [0.4, 0.5) is 4.39 Å². The van der Waals surface area contributed by atoms with Crippen molar-refractivity contribution in [1.29, 1.82) is 0 Å². The zero-order chi connectivity index (χ0) is 26.7. The van der Waals surface area contributed by atoms with Crippen LogP contribution in [-0.2, 0) is 25.0 Å². The number of ether oxygens (including phenoxy) is 2. The Kier molecular flexibility index (Phi) is 5.25. The minimum absolute atomic E-state index is 0.00554. The maximum atomic E-state index is 16.1. The zero-order valence-electron chi connectivity index (χ0n) is 20.0. The van der Waals surface area contributed by atoms with E-state index in [4.69, 9.17) is 45.8 Å². The number of alkyl halides is 1. The number of para-hydroxylation sites is 1. The first kappa shape index (κ1) is 19.9. The number of terminal acetylenes is 1. The van der Waals surface area contributed by atoms with E-state index >= 15 is 4.39 Å². The first-order valence-electron chi connectivity index (χ1n) is 10.8. The van der Waals surface area contributed by atoms with Gasteiger partial charge < -0.3 is 34.4 Å². The smallest absolute Gasteiger partial charge is 0.493 e. The van der Waals surface area contributed by atoms with Crippen LogP contribution in [0.2, 0.25) is 0 Å². The molecule has 1 aromatic rings. The van der Waals surface area contributed by atoms with E-state index < -0.39 is 38.6 Å². The minimum atomic E-state index is -4.89. The van der Waals surface area contributed by atoms with Crippen molar-refractivity contribution < 1.29 is 46.3 Å². The van der Waals surface area contributed by atoms with E-state index in [0.29, 0.717) is 5.56 Å². The standard InChI is InChI=1S/C20H20FN2O8PS/c1-4-12-8-23(11(2)22-18(12)33)19-15(24)17(25)20(21,30-19)10-29-32(26)28-9-13-6-5-7-14(27-3)16(13)31-32/h1,5-8,15,17,19,24-25H,2,9-10H2,3H3,(H,22,33)/t15-,17+,19-,20-,32?/m1/s1/i10D2,19D. The van der Waals surface area contributed by atoms with Gasteiger partial charge in [-0.2, -0.15) is 0 Å². The second-order valence-electron chi connectivity index (χ2n) is 6.89. The molecule has 10 nitrogen and oxygen atoms in total. The van der Waals surface area contributed by atoms with Crippen LogP contribution < -0.4 is 14.6 Å². The van der Waals surface area contributed by atoms with E-state index in [-0.39, 0.29) is 34.5 Å². The molecule has 0 aliphatic carbocycles. The summed E-state index contributed by atoms with van der Waals surface area (Å²) in [5.41, 5.74) is 0.397. The number of phosphoric acid groups is 1. The molecule has 0 bridgehead atoms. The monoisotopic (exact) mass is 501 g/mol. The van der Waals surface area contributed by atoms with Gasteiger partial charge in [0.25, 0.3) is 5.85 Å². The van der Waals surface area contributed by atoms with Gasteiger partial charge in [0.1, 0.15) is 29.6 Å². The van der Waals surface area contributed by atoms with Crippen LogP contribution in [0, 0.1) is 12.3 Å². The number of rotatable bonds is 5. The highest BCUT2D eigenvalue weighted by Crippen LogP contribution is 2.57. The summed E-state index contributed by atoms with van der Waals surface area (Å²) in [6, 6.07) is 4.63. The van der Waals surface area contributed by atoms with Crippen LogP contribution in [0.15, 0.2) is 42.4 Å². The van der Waals surface area contributed by atoms with E-state index in [1.165, 1.54) is 13.2 Å². The van der Waals surface area contributed by atoms with E-state index in [1.54, 1.807) is 12.1 Å². The average Bonchev–Trinajstić information content (AvgIpc) is 2.99. The Balaban J connectivity index is 1.65. The van der Waals surface area contributed by atoms with Crippen molar-refractivity contribution in [3.05, 3.63) is 47.9 Å². The van der Waals surface area contributed by atoms with E-state index in [9.17, 15) is 14.8 Å². The normalized spacial score (nSPS) is 37.5. The van der Waals surface area contributed by atoms with Crippen molar-refractivity contribution in [1.82, 2.24) is 10.2 Å². The van der Waals surface area contributed by atoms with Gasteiger partial charge in [0, 0.05) is 11.8 Å². The van der Waals surface area contributed by atoms with Gasteiger partial charge in [-0.05, 0) is 6.07 Å². The molecule has 3 heterocycles. The number of fused-ring (bicyclic) bond motifs is 1. The third kappa shape index (κ3) is 4.25. The number of benzene rings is 1. The third-order valence-corrected chi connectivity index (χ3v) is 6.28. The summed E-state index contributed by atoms with van der Waals surface area (Å²) in [5, 5.41) is 23.6. The highest BCUT2D eigenvalue weighted by Gasteiger charge is 2.58. The molecule has 1 aromatic carbocycles. The van der Waals surface area contributed by atoms with E-state index in [2.05, 4.69) is 17.8 Å². The van der Waals surface area contributed by atoms with Gasteiger partial charge in [0.05, 0.1) is 23.4 Å². The number of aliphatic hydroxyl groups excluding tert-OH is 2. The second-order valence-corrected chi connectivity index (χ2v) is 8.81. The van der Waals surface area contributed by atoms with Crippen LogP contribution in [0.1, 0.15) is 9.68 Å². The minimum Gasteiger partial charge on any atom is -0.493 e. The molecule has 1 saturated heterocycles. The molecule has 176 valence electrons. The Labute approximate surface area is 198 Å². The third-order valence-electron chi connectivity index (χ3n) is 4.79. The fourth-order valence-corrected chi connectivity index (χ4v) is 4.43. The fourth-order valence-electron chi connectivity index (χ4n) is 3.10. The zero-order valence-corrected chi connectivity index (χ0v) is 18.7. The van der Waals surface area contributed by atoms with Crippen LogP contribution in [0.5, 0.6) is 11.5 Å². The van der Waals surface area contributed by atoms with Crippen molar-refractivity contribution in [3.8, 4) is 23.8 Å². The Morgan fingerprint density at radius 1 is 1.61 bits per heavy atom. The second kappa shape index (κ2) is 8.70. The molecule has 0 amide bonds. The molecule has 3 aliphatic rings. The van der Waals surface area contributed by atoms with Gasteiger partial charge in [-0.15, -0.1) is 6.42 Å². The summed E-state index contributed by atoms with van der Waals surface area (Å²) in [4.78, 5) is 0.765. The molecule has 1 fully saturated rings. The predicted octanol–water partition coefficient (Wildman–Crippen LogP) is 1.69. The summed E-state index contributed by atoms with van der Waals surface area (Å²) in [6.07, 6.45) is -1.68. The summed E-state index contributed by atoms with van der Waals surface area (Å²) >= 11 is 5.03. The number of phosphoric ester groups is 1. The number of thiocarbonyl (C=S) groups is 1. The molecule has 0 aromatic heterocycles. The molecule has 4 rings (SSSR count). The highest BCUT2D eigenvalue weighted by atomic mass is 32.1. The number of halogens is 1. The Morgan fingerprint density at radius 3 is 3.06 bits per heavy atom. The van der Waals surface area contributed by atoms with E-state index in [1.807, 2.05) is 0 Å². The lowest BCUT2D eigenvalue weighted by Crippen LogP contribution is -2.47. The van der Waals surface area contributed by atoms with Crippen molar-refractivity contribution in [2.45, 2.75) is 30.9 Å². The topological polar surface area (TPSA) is 119 Å². The van der Waals surface area contributed by atoms with E-state index in [0.717, 1.165) is 11.1 Å². The largest absolute Gasteiger partial charge is 0.530 e. The first-order valence-corrected chi connectivity index (χ1v) is 11.1. The fraction of sp³-hybridized carbons (Fsp3) is 0.350. The lowest BCUT2D eigenvalue weighted by atomic mass is 10.1. The van der Waals surface area contributed by atoms with Crippen LogP contribution >= 0.6 is 20.0 Å². The van der Waals surface area contributed by atoms with Gasteiger partial charge in [-0.3, -0.25) is 9.05 Å². The Morgan fingerprint density at radius 2 is 2.36 bits per heavy atom. The molecule has 1 unspecified atom stereocenters. The average molecular weight is 501 g/mol. The number of aliphatic hydroxyl groups is 2. The van der Waals surface area contributed by atoms with Gasteiger partial charge in [-0.1, -0.05) is 36.8 Å². The maximum absolute atomic E-state index is 16.1. The summed E-state index contributed by atoms with van der Waals surface area (Å²) in [5.74, 6) is -1.91. The Bertz CT molecular complexity index is 1250. The molecular weight excluding hydrogens is 478 g/mol. The van der Waals surface area contributed by atoms with Crippen LogP contribution in [0.3, 0.4) is 0 Å². The highest BCUT2D eigenvalue weighted by molar-refractivity contribution is 7.80. The lowest BCUT2D eigenvalue weighted by molar-refractivity contribution is -0.207. The van der Waals surface area contributed by atoms with Gasteiger partial charge in [0.2, 0.25) is 0 Å². The Hall–Kier alpha value is -2.49. The molecule has 0 spiro atoms. The molecule has 0 radical (unpaired) electrons. The quantitative estimate of drug-likeness (QED) is 0.311. The number of nitrogens with zero attached hydrogens (tertiary/aromatic N) is 1.